The van der Waals surface area contributed by atoms with Crippen LogP contribution in [0.3, 0.4) is 0 Å². The van der Waals surface area contributed by atoms with E-state index in [1.807, 2.05) is 6.92 Å². The minimum atomic E-state index is -1.10. The predicted octanol–water partition coefficient (Wildman–Crippen LogP) is 3.87. The molecule has 26 heavy (non-hydrogen) atoms. The Balaban J connectivity index is 1.87. The SMILES string of the molecule is Cc1cc(-c2cc(NC(=O)C3CC3)ncc2F)ccc1C(C)NC(=O)O. The van der Waals surface area contributed by atoms with Crippen LogP contribution in [0.5, 0.6) is 0 Å². The number of amides is 2. The molecule has 1 aromatic carbocycles. The summed E-state index contributed by atoms with van der Waals surface area (Å²) in [6.07, 6.45) is 1.75. The second kappa shape index (κ2) is 7.11. The first kappa shape index (κ1) is 17.8. The van der Waals surface area contributed by atoms with E-state index in [9.17, 15) is 14.0 Å². The van der Waals surface area contributed by atoms with Gasteiger partial charge in [-0.15, -0.1) is 0 Å². The molecule has 1 aliphatic carbocycles. The van der Waals surface area contributed by atoms with Crippen LogP contribution in [0.15, 0.2) is 30.5 Å². The van der Waals surface area contributed by atoms with Crippen LogP contribution in [0.1, 0.15) is 36.9 Å². The molecule has 0 bridgehead atoms. The fraction of sp³-hybridized carbons (Fsp3) is 0.316. The van der Waals surface area contributed by atoms with Crippen LogP contribution in [-0.4, -0.2) is 22.1 Å². The van der Waals surface area contributed by atoms with E-state index in [-0.39, 0.29) is 17.9 Å². The lowest BCUT2D eigenvalue weighted by Crippen LogP contribution is -2.24. The molecule has 1 aliphatic rings. The van der Waals surface area contributed by atoms with E-state index in [2.05, 4.69) is 15.6 Å². The summed E-state index contributed by atoms with van der Waals surface area (Å²) in [4.78, 5) is 26.6. The van der Waals surface area contributed by atoms with E-state index in [1.165, 1.54) is 6.07 Å². The molecule has 3 rings (SSSR count). The first-order valence-electron chi connectivity index (χ1n) is 8.42. The number of aryl methyl sites for hydroxylation is 1. The molecule has 1 atom stereocenters. The number of benzene rings is 1. The highest BCUT2D eigenvalue weighted by molar-refractivity contribution is 5.93. The number of rotatable bonds is 5. The molecule has 2 amide bonds. The quantitative estimate of drug-likeness (QED) is 0.757. The molecule has 0 saturated heterocycles. The predicted molar refractivity (Wildman–Crippen MR) is 95.3 cm³/mol. The van der Waals surface area contributed by atoms with Crippen LogP contribution in [0.25, 0.3) is 11.1 Å². The van der Waals surface area contributed by atoms with Crippen molar-refractivity contribution in [2.24, 2.45) is 5.92 Å². The van der Waals surface area contributed by atoms with Crippen LogP contribution in [0.4, 0.5) is 15.0 Å². The number of pyridine rings is 1. The standard InChI is InChI=1S/C19H20FN3O3/c1-10-7-13(5-6-14(10)11(2)22-19(25)26)15-8-17(21-9-16(15)20)23-18(24)12-3-4-12/h5-9,11-12,22H,3-4H2,1-2H3,(H,25,26)(H,21,23,24). The maximum absolute atomic E-state index is 14.3. The van der Waals surface area contributed by atoms with Gasteiger partial charge in [0.2, 0.25) is 5.91 Å². The van der Waals surface area contributed by atoms with Gasteiger partial charge in [-0.3, -0.25) is 4.79 Å². The van der Waals surface area contributed by atoms with Gasteiger partial charge in [0, 0.05) is 11.5 Å². The molecular weight excluding hydrogens is 337 g/mol. The van der Waals surface area contributed by atoms with Gasteiger partial charge in [0.25, 0.3) is 0 Å². The van der Waals surface area contributed by atoms with E-state index < -0.39 is 11.9 Å². The first-order chi connectivity index (χ1) is 12.3. The zero-order chi connectivity index (χ0) is 18.8. The van der Waals surface area contributed by atoms with E-state index in [0.717, 1.165) is 30.2 Å². The second-order valence-corrected chi connectivity index (χ2v) is 6.56. The number of carbonyl (C=O) groups excluding carboxylic acids is 1. The second-order valence-electron chi connectivity index (χ2n) is 6.56. The average Bonchev–Trinajstić information content (AvgIpc) is 3.40. The van der Waals surface area contributed by atoms with Gasteiger partial charge in [-0.25, -0.2) is 14.2 Å². The summed E-state index contributed by atoms with van der Waals surface area (Å²) in [5, 5.41) is 14.0. The number of nitrogens with one attached hydrogen (secondary N) is 2. The van der Waals surface area contributed by atoms with Crippen molar-refractivity contribution >= 4 is 17.8 Å². The Morgan fingerprint density at radius 2 is 2.04 bits per heavy atom. The zero-order valence-electron chi connectivity index (χ0n) is 14.5. The average molecular weight is 357 g/mol. The van der Waals surface area contributed by atoms with E-state index in [0.29, 0.717) is 16.9 Å². The molecule has 1 saturated carbocycles. The third kappa shape index (κ3) is 3.99. The molecular formula is C19H20FN3O3. The minimum Gasteiger partial charge on any atom is -0.465 e. The first-order valence-corrected chi connectivity index (χ1v) is 8.42. The number of nitrogens with zero attached hydrogens (tertiary/aromatic N) is 1. The summed E-state index contributed by atoms with van der Waals surface area (Å²) >= 11 is 0. The van der Waals surface area contributed by atoms with Crippen molar-refractivity contribution in [1.29, 1.82) is 0 Å². The molecule has 1 heterocycles. The van der Waals surface area contributed by atoms with Gasteiger partial charge < -0.3 is 15.7 Å². The summed E-state index contributed by atoms with van der Waals surface area (Å²) in [6.45, 7) is 3.59. The van der Waals surface area contributed by atoms with Gasteiger partial charge in [-0.1, -0.05) is 18.2 Å². The number of carboxylic acid groups (broad SMARTS) is 1. The molecule has 6 nitrogen and oxygen atoms in total. The van der Waals surface area contributed by atoms with E-state index in [1.54, 1.807) is 25.1 Å². The Bertz CT molecular complexity index is 865. The molecule has 0 spiro atoms. The van der Waals surface area contributed by atoms with Crippen LogP contribution in [-0.2, 0) is 4.79 Å². The summed E-state index contributed by atoms with van der Waals surface area (Å²) in [5.41, 5.74) is 2.62. The van der Waals surface area contributed by atoms with Gasteiger partial charge in [0.05, 0.1) is 12.2 Å². The van der Waals surface area contributed by atoms with Gasteiger partial charge in [0.15, 0.2) is 0 Å². The molecule has 0 aliphatic heterocycles. The summed E-state index contributed by atoms with van der Waals surface area (Å²) in [6, 6.07) is 6.43. The number of anilines is 1. The molecule has 7 heteroatoms. The summed E-state index contributed by atoms with van der Waals surface area (Å²) < 4.78 is 14.3. The zero-order valence-corrected chi connectivity index (χ0v) is 14.5. The Kier molecular flexibility index (Phi) is 4.88. The smallest absolute Gasteiger partial charge is 0.405 e. The fourth-order valence-electron chi connectivity index (χ4n) is 2.89. The minimum absolute atomic E-state index is 0.0371. The topological polar surface area (TPSA) is 91.3 Å². The lowest BCUT2D eigenvalue weighted by molar-refractivity contribution is -0.117. The third-order valence-electron chi connectivity index (χ3n) is 4.44. The van der Waals surface area contributed by atoms with Crippen LogP contribution in [0.2, 0.25) is 0 Å². The molecule has 1 unspecified atom stereocenters. The third-order valence-corrected chi connectivity index (χ3v) is 4.44. The Hall–Kier alpha value is -2.96. The lowest BCUT2D eigenvalue weighted by atomic mass is 9.97. The van der Waals surface area contributed by atoms with Crippen molar-refractivity contribution in [1.82, 2.24) is 10.3 Å². The normalized spacial score (nSPS) is 14.6. The maximum atomic E-state index is 14.3. The maximum Gasteiger partial charge on any atom is 0.405 e. The Morgan fingerprint density at radius 1 is 1.31 bits per heavy atom. The van der Waals surface area contributed by atoms with Gasteiger partial charge in [0.1, 0.15) is 11.6 Å². The van der Waals surface area contributed by atoms with Crippen LogP contribution >= 0.6 is 0 Å². The van der Waals surface area contributed by atoms with Crippen molar-refractivity contribution in [3.8, 4) is 11.1 Å². The van der Waals surface area contributed by atoms with Gasteiger partial charge in [-0.2, -0.15) is 0 Å². The van der Waals surface area contributed by atoms with E-state index >= 15 is 0 Å². The highest BCUT2D eigenvalue weighted by Crippen LogP contribution is 2.31. The van der Waals surface area contributed by atoms with E-state index in [4.69, 9.17) is 5.11 Å². The van der Waals surface area contributed by atoms with Gasteiger partial charge in [-0.05, 0) is 49.4 Å². The molecule has 136 valence electrons. The monoisotopic (exact) mass is 357 g/mol. The van der Waals surface area contributed by atoms with Crippen molar-refractivity contribution in [2.45, 2.75) is 32.7 Å². The molecule has 0 radical (unpaired) electrons. The number of halogens is 1. The highest BCUT2D eigenvalue weighted by atomic mass is 19.1. The number of aromatic nitrogens is 1. The number of hydrogen-bond donors (Lipinski definition) is 3. The number of hydrogen-bond acceptors (Lipinski definition) is 3. The number of carbonyl (C=O) groups is 2. The Morgan fingerprint density at radius 3 is 2.65 bits per heavy atom. The molecule has 2 aromatic rings. The highest BCUT2D eigenvalue weighted by Gasteiger charge is 2.29. The van der Waals surface area contributed by atoms with Crippen LogP contribution < -0.4 is 10.6 Å². The lowest BCUT2D eigenvalue weighted by Gasteiger charge is -2.16. The summed E-state index contributed by atoms with van der Waals surface area (Å²) in [5.74, 6) is -0.218. The van der Waals surface area contributed by atoms with Crippen molar-refractivity contribution in [3.63, 3.8) is 0 Å². The van der Waals surface area contributed by atoms with Crippen molar-refractivity contribution < 1.29 is 19.1 Å². The fourth-order valence-corrected chi connectivity index (χ4v) is 2.89. The van der Waals surface area contributed by atoms with Gasteiger partial charge >= 0.3 is 6.09 Å². The molecule has 3 N–H and O–H groups in total. The Labute approximate surface area is 150 Å². The molecule has 1 fully saturated rings. The van der Waals surface area contributed by atoms with Crippen molar-refractivity contribution in [3.05, 3.63) is 47.4 Å². The van der Waals surface area contributed by atoms with Crippen LogP contribution in [0, 0.1) is 18.7 Å². The molecule has 1 aromatic heterocycles. The largest absolute Gasteiger partial charge is 0.465 e. The van der Waals surface area contributed by atoms with Crippen molar-refractivity contribution in [2.75, 3.05) is 5.32 Å². The summed E-state index contributed by atoms with van der Waals surface area (Å²) in [7, 11) is 0.